The number of hydrogen-bond acceptors (Lipinski definition) is 4. The van der Waals surface area contributed by atoms with E-state index in [1.54, 1.807) is 48.5 Å². The quantitative estimate of drug-likeness (QED) is 0.510. The van der Waals surface area contributed by atoms with Gasteiger partial charge in [0.2, 0.25) is 0 Å². The second-order valence-corrected chi connectivity index (χ2v) is 5.74. The maximum atomic E-state index is 12.1. The Balaban J connectivity index is 1.69. The summed E-state index contributed by atoms with van der Waals surface area (Å²) in [6.07, 6.45) is 2.55. The standard InChI is InChI=1S/C17H11BrN2O3/c18-12-7-5-11(6-8-12)15(21)9-10-19-20-16(22)13-3-1-2-4-14(13)17(20)23/h1-10,19H/b10-9+. The lowest BCUT2D eigenvalue weighted by atomic mass is 10.1. The molecule has 2 aromatic rings. The molecule has 0 unspecified atom stereocenters. The van der Waals surface area contributed by atoms with Crippen molar-refractivity contribution in [3.63, 3.8) is 0 Å². The maximum Gasteiger partial charge on any atom is 0.280 e. The number of benzene rings is 2. The number of carbonyl (C=O) groups excluding carboxylic acids is 3. The second kappa shape index (κ2) is 6.18. The second-order valence-electron chi connectivity index (χ2n) is 4.82. The molecule has 3 rings (SSSR count). The van der Waals surface area contributed by atoms with Gasteiger partial charge in [-0.1, -0.05) is 28.1 Å². The molecule has 1 aliphatic rings. The van der Waals surface area contributed by atoms with Gasteiger partial charge < -0.3 is 0 Å². The van der Waals surface area contributed by atoms with Crippen LogP contribution in [0.5, 0.6) is 0 Å². The van der Waals surface area contributed by atoms with Crippen LogP contribution >= 0.6 is 15.9 Å². The first-order valence-electron chi connectivity index (χ1n) is 6.78. The molecule has 0 spiro atoms. The van der Waals surface area contributed by atoms with Crippen LogP contribution < -0.4 is 5.43 Å². The van der Waals surface area contributed by atoms with Crippen molar-refractivity contribution in [2.75, 3.05) is 0 Å². The van der Waals surface area contributed by atoms with Crippen LogP contribution in [0.1, 0.15) is 31.1 Å². The Morgan fingerprint density at radius 2 is 1.52 bits per heavy atom. The molecular weight excluding hydrogens is 360 g/mol. The molecule has 0 fully saturated rings. The third kappa shape index (κ3) is 2.93. The molecule has 1 aliphatic heterocycles. The fourth-order valence-corrected chi connectivity index (χ4v) is 2.47. The average Bonchev–Trinajstić information content (AvgIpc) is 2.81. The number of fused-ring (bicyclic) bond motifs is 1. The third-order valence-electron chi connectivity index (χ3n) is 3.36. The zero-order valence-corrected chi connectivity index (χ0v) is 13.4. The van der Waals surface area contributed by atoms with Crippen molar-refractivity contribution in [2.24, 2.45) is 0 Å². The highest BCUT2D eigenvalue weighted by Gasteiger charge is 2.34. The number of halogens is 1. The van der Waals surface area contributed by atoms with E-state index in [2.05, 4.69) is 21.4 Å². The number of imide groups is 1. The average molecular weight is 371 g/mol. The monoisotopic (exact) mass is 370 g/mol. The number of ketones is 1. The Morgan fingerprint density at radius 1 is 0.957 bits per heavy atom. The summed E-state index contributed by atoms with van der Waals surface area (Å²) in [5, 5.41) is 0.885. The number of allylic oxidation sites excluding steroid dienone is 1. The molecule has 0 atom stereocenters. The molecule has 1 N–H and O–H groups in total. The van der Waals surface area contributed by atoms with Gasteiger partial charge in [-0.2, -0.15) is 5.01 Å². The van der Waals surface area contributed by atoms with Crippen LogP contribution in [0.4, 0.5) is 0 Å². The lowest BCUT2D eigenvalue weighted by Crippen LogP contribution is -2.39. The van der Waals surface area contributed by atoms with Crippen molar-refractivity contribution in [1.29, 1.82) is 0 Å². The van der Waals surface area contributed by atoms with Gasteiger partial charge in [0.1, 0.15) is 0 Å². The summed E-state index contributed by atoms with van der Waals surface area (Å²) in [7, 11) is 0. The normalized spacial score (nSPS) is 13.5. The van der Waals surface area contributed by atoms with E-state index in [4.69, 9.17) is 0 Å². The Kier molecular flexibility index (Phi) is 4.08. The van der Waals surface area contributed by atoms with Crippen molar-refractivity contribution in [3.8, 4) is 0 Å². The third-order valence-corrected chi connectivity index (χ3v) is 3.89. The molecule has 0 saturated heterocycles. The summed E-state index contributed by atoms with van der Waals surface area (Å²) < 4.78 is 0.877. The van der Waals surface area contributed by atoms with E-state index < -0.39 is 11.8 Å². The van der Waals surface area contributed by atoms with E-state index in [-0.39, 0.29) is 5.78 Å². The van der Waals surface area contributed by atoms with Crippen LogP contribution in [0.3, 0.4) is 0 Å². The minimum absolute atomic E-state index is 0.235. The van der Waals surface area contributed by atoms with Crippen LogP contribution in [0.15, 0.2) is 65.3 Å². The summed E-state index contributed by atoms with van der Waals surface area (Å²) in [5.74, 6) is -1.11. The zero-order chi connectivity index (χ0) is 16.4. The first kappa shape index (κ1) is 15.2. The zero-order valence-electron chi connectivity index (χ0n) is 11.8. The molecule has 5 nitrogen and oxygen atoms in total. The molecule has 0 aromatic heterocycles. The minimum atomic E-state index is -0.439. The molecule has 2 aromatic carbocycles. The van der Waals surface area contributed by atoms with Crippen LogP contribution in [0.2, 0.25) is 0 Å². The van der Waals surface area contributed by atoms with Gasteiger partial charge in [-0.15, -0.1) is 0 Å². The van der Waals surface area contributed by atoms with Gasteiger partial charge in [0.15, 0.2) is 5.78 Å². The summed E-state index contributed by atoms with van der Waals surface area (Å²) >= 11 is 3.30. The minimum Gasteiger partial charge on any atom is -0.295 e. The number of hydrazine groups is 1. The summed E-state index contributed by atoms with van der Waals surface area (Å²) in [6.45, 7) is 0. The lowest BCUT2D eigenvalue weighted by molar-refractivity contribution is 0.0598. The van der Waals surface area contributed by atoms with Crippen LogP contribution in [0.25, 0.3) is 0 Å². The van der Waals surface area contributed by atoms with Gasteiger partial charge in [-0.05, 0) is 36.4 Å². The number of rotatable bonds is 4. The predicted octanol–water partition coefficient (Wildman–Crippen LogP) is 2.95. The van der Waals surface area contributed by atoms with Crippen molar-refractivity contribution in [2.45, 2.75) is 0 Å². The topological polar surface area (TPSA) is 66.5 Å². The van der Waals surface area contributed by atoms with Crippen molar-refractivity contribution < 1.29 is 14.4 Å². The first-order valence-corrected chi connectivity index (χ1v) is 7.57. The van der Waals surface area contributed by atoms with Crippen molar-refractivity contribution in [1.82, 2.24) is 10.4 Å². The van der Waals surface area contributed by atoms with Crippen molar-refractivity contribution >= 4 is 33.5 Å². The van der Waals surface area contributed by atoms with E-state index in [1.165, 1.54) is 12.3 Å². The molecule has 23 heavy (non-hydrogen) atoms. The van der Waals surface area contributed by atoms with Crippen LogP contribution in [-0.2, 0) is 0 Å². The molecule has 6 heteroatoms. The molecule has 2 amide bonds. The van der Waals surface area contributed by atoms with Crippen molar-refractivity contribution in [3.05, 3.63) is 82.0 Å². The van der Waals surface area contributed by atoms with E-state index in [0.29, 0.717) is 16.7 Å². The first-order chi connectivity index (χ1) is 11.1. The van der Waals surface area contributed by atoms with Gasteiger partial charge in [0, 0.05) is 22.3 Å². The van der Waals surface area contributed by atoms with Gasteiger partial charge in [0.05, 0.1) is 11.1 Å². The highest BCUT2D eigenvalue weighted by atomic mass is 79.9. The van der Waals surface area contributed by atoms with E-state index in [1.807, 2.05) is 0 Å². The number of nitrogens with zero attached hydrogens (tertiary/aromatic N) is 1. The fraction of sp³-hybridized carbons (Fsp3) is 0. The SMILES string of the molecule is O=C(/C=C/NN1C(=O)c2ccccc2C1=O)c1ccc(Br)cc1. The van der Waals surface area contributed by atoms with Crippen LogP contribution in [-0.4, -0.2) is 22.6 Å². The Hall–Kier alpha value is -2.73. The molecule has 0 saturated carbocycles. The summed E-state index contributed by atoms with van der Waals surface area (Å²) in [5.41, 5.74) is 3.76. The Labute approximate surface area is 140 Å². The number of carbonyl (C=O) groups is 3. The number of hydrogen-bond donors (Lipinski definition) is 1. The highest BCUT2D eigenvalue weighted by Crippen LogP contribution is 2.20. The van der Waals surface area contributed by atoms with E-state index in [9.17, 15) is 14.4 Å². The number of nitrogens with one attached hydrogen (secondary N) is 1. The van der Waals surface area contributed by atoms with E-state index >= 15 is 0 Å². The molecule has 0 bridgehead atoms. The molecule has 0 aliphatic carbocycles. The van der Waals surface area contributed by atoms with Gasteiger partial charge in [-0.25, -0.2) is 0 Å². The molecular formula is C17H11BrN2O3. The van der Waals surface area contributed by atoms with Gasteiger partial charge >= 0.3 is 0 Å². The van der Waals surface area contributed by atoms with Gasteiger partial charge in [0.25, 0.3) is 11.8 Å². The highest BCUT2D eigenvalue weighted by molar-refractivity contribution is 9.10. The number of amides is 2. The van der Waals surface area contributed by atoms with Gasteiger partial charge in [-0.3, -0.25) is 19.8 Å². The largest absolute Gasteiger partial charge is 0.295 e. The molecule has 1 heterocycles. The predicted molar refractivity (Wildman–Crippen MR) is 87.7 cm³/mol. The molecule has 114 valence electrons. The smallest absolute Gasteiger partial charge is 0.280 e. The lowest BCUT2D eigenvalue weighted by Gasteiger charge is -2.12. The Bertz CT molecular complexity index is 793. The summed E-state index contributed by atoms with van der Waals surface area (Å²) in [4.78, 5) is 36.2. The maximum absolute atomic E-state index is 12.1. The van der Waals surface area contributed by atoms with Crippen LogP contribution in [0, 0.1) is 0 Å². The molecule has 0 radical (unpaired) electrons. The summed E-state index contributed by atoms with van der Waals surface area (Å²) in [6, 6.07) is 13.5. The van der Waals surface area contributed by atoms with E-state index in [0.717, 1.165) is 9.48 Å². The fourth-order valence-electron chi connectivity index (χ4n) is 2.20. The Morgan fingerprint density at radius 3 is 2.09 bits per heavy atom.